The first-order chi connectivity index (χ1) is 9.61. The van der Waals surface area contributed by atoms with Crippen molar-refractivity contribution in [3.63, 3.8) is 0 Å². The molecule has 2 N–H and O–H groups in total. The van der Waals surface area contributed by atoms with Crippen molar-refractivity contribution in [1.82, 2.24) is 0 Å². The van der Waals surface area contributed by atoms with Crippen LogP contribution in [0.2, 0.25) is 0 Å². The molecule has 0 amide bonds. The Kier molecular flexibility index (Phi) is 4.32. The van der Waals surface area contributed by atoms with E-state index in [-0.39, 0.29) is 18.3 Å². The number of aliphatic hydroxyl groups excluding tert-OH is 1. The third-order valence-corrected chi connectivity index (χ3v) is 3.15. The van der Waals surface area contributed by atoms with E-state index in [9.17, 15) is 15.2 Å². The molecule has 0 heterocycles. The SMILES string of the molecule is Cc1ccc([N+](=O)[O-])cc1NC(CO)c1ccccc1. The summed E-state index contributed by atoms with van der Waals surface area (Å²) >= 11 is 0. The van der Waals surface area contributed by atoms with Crippen LogP contribution in [0.25, 0.3) is 0 Å². The summed E-state index contributed by atoms with van der Waals surface area (Å²) < 4.78 is 0. The smallest absolute Gasteiger partial charge is 0.271 e. The van der Waals surface area contributed by atoms with Crippen molar-refractivity contribution in [1.29, 1.82) is 0 Å². The third-order valence-electron chi connectivity index (χ3n) is 3.15. The summed E-state index contributed by atoms with van der Waals surface area (Å²) in [5.74, 6) is 0. The zero-order valence-corrected chi connectivity index (χ0v) is 11.1. The zero-order valence-electron chi connectivity index (χ0n) is 11.1. The van der Waals surface area contributed by atoms with Gasteiger partial charge in [-0.05, 0) is 18.1 Å². The fourth-order valence-corrected chi connectivity index (χ4v) is 1.99. The highest BCUT2D eigenvalue weighted by Crippen LogP contribution is 2.26. The molecule has 5 heteroatoms. The molecule has 0 bridgehead atoms. The minimum absolute atomic E-state index is 0.0304. The standard InChI is InChI=1S/C15H16N2O3/c1-11-7-8-13(17(19)20)9-14(11)16-15(10-18)12-5-3-2-4-6-12/h2-9,15-16,18H,10H2,1H3. The fraction of sp³-hybridized carbons (Fsp3) is 0.200. The van der Waals surface area contributed by atoms with Crippen LogP contribution in [0, 0.1) is 17.0 Å². The Balaban J connectivity index is 2.28. The number of nitro benzene ring substituents is 1. The Morgan fingerprint density at radius 3 is 2.55 bits per heavy atom. The number of aliphatic hydroxyl groups is 1. The number of nitrogens with one attached hydrogen (secondary N) is 1. The number of aryl methyl sites for hydroxylation is 1. The van der Waals surface area contributed by atoms with Gasteiger partial charge in [-0.3, -0.25) is 10.1 Å². The number of rotatable bonds is 5. The molecule has 20 heavy (non-hydrogen) atoms. The van der Waals surface area contributed by atoms with Crippen molar-refractivity contribution in [2.45, 2.75) is 13.0 Å². The lowest BCUT2D eigenvalue weighted by Crippen LogP contribution is -2.15. The Bertz CT molecular complexity index is 599. The monoisotopic (exact) mass is 272 g/mol. The van der Waals surface area contributed by atoms with Gasteiger partial charge in [0.2, 0.25) is 0 Å². The maximum Gasteiger partial charge on any atom is 0.271 e. The van der Waals surface area contributed by atoms with Gasteiger partial charge in [0.15, 0.2) is 0 Å². The molecule has 104 valence electrons. The topological polar surface area (TPSA) is 75.4 Å². The second kappa shape index (κ2) is 6.16. The molecule has 1 unspecified atom stereocenters. The van der Waals surface area contributed by atoms with E-state index in [0.29, 0.717) is 5.69 Å². The van der Waals surface area contributed by atoms with Crippen molar-refractivity contribution in [3.05, 3.63) is 69.8 Å². The maximum absolute atomic E-state index is 10.8. The lowest BCUT2D eigenvalue weighted by Gasteiger charge is -2.19. The molecule has 0 saturated heterocycles. The van der Waals surface area contributed by atoms with Crippen molar-refractivity contribution in [2.24, 2.45) is 0 Å². The van der Waals surface area contributed by atoms with Crippen LogP contribution in [0.15, 0.2) is 48.5 Å². The largest absolute Gasteiger partial charge is 0.394 e. The Morgan fingerprint density at radius 2 is 1.95 bits per heavy atom. The van der Waals surface area contributed by atoms with Gasteiger partial charge in [-0.15, -0.1) is 0 Å². The highest BCUT2D eigenvalue weighted by Gasteiger charge is 2.14. The Labute approximate surface area is 117 Å². The molecule has 0 spiro atoms. The molecule has 0 aliphatic heterocycles. The minimum atomic E-state index is -0.429. The summed E-state index contributed by atoms with van der Waals surface area (Å²) in [5, 5.41) is 23.5. The second-order valence-electron chi connectivity index (χ2n) is 4.55. The van der Waals surface area contributed by atoms with Crippen LogP contribution in [0.5, 0.6) is 0 Å². The summed E-state index contributed by atoms with van der Waals surface area (Å²) in [5.41, 5.74) is 2.51. The first kappa shape index (κ1) is 14.0. The number of non-ortho nitro benzene ring substituents is 1. The fourth-order valence-electron chi connectivity index (χ4n) is 1.99. The summed E-state index contributed by atoms with van der Waals surface area (Å²) in [4.78, 5) is 10.4. The van der Waals surface area contributed by atoms with Crippen molar-refractivity contribution < 1.29 is 10.0 Å². The van der Waals surface area contributed by atoms with E-state index in [1.165, 1.54) is 12.1 Å². The molecule has 0 radical (unpaired) electrons. The van der Waals surface area contributed by atoms with Crippen LogP contribution in [0.4, 0.5) is 11.4 Å². The highest BCUT2D eigenvalue weighted by molar-refractivity contribution is 5.57. The maximum atomic E-state index is 10.8. The molecule has 0 fully saturated rings. The van der Waals surface area contributed by atoms with Gasteiger partial charge >= 0.3 is 0 Å². The average molecular weight is 272 g/mol. The van der Waals surface area contributed by atoms with Crippen LogP contribution in [0.3, 0.4) is 0 Å². The second-order valence-corrected chi connectivity index (χ2v) is 4.55. The van der Waals surface area contributed by atoms with Gasteiger partial charge in [0.25, 0.3) is 5.69 Å². The Morgan fingerprint density at radius 1 is 1.25 bits per heavy atom. The molecule has 5 nitrogen and oxygen atoms in total. The zero-order chi connectivity index (χ0) is 14.5. The van der Waals surface area contributed by atoms with Gasteiger partial charge in [0.05, 0.1) is 17.6 Å². The number of anilines is 1. The number of benzene rings is 2. The van der Waals surface area contributed by atoms with E-state index in [4.69, 9.17) is 0 Å². The lowest BCUT2D eigenvalue weighted by atomic mass is 10.1. The van der Waals surface area contributed by atoms with E-state index in [1.807, 2.05) is 37.3 Å². The molecule has 1 atom stereocenters. The normalized spacial score (nSPS) is 11.9. The Hall–Kier alpha value is -2.40. The molecule has 2 aromatic rings. The van der Waals surface area contributed by atoms with Gasteiger partial charge in [0, 0.05) is 17.8 Å². The van der Waals surface area contributed by atoms with Crippen molar-refractivity contribution in [2.75, 3.05) is 11.9 Å². The number of hydrogen-bond donors (Lipinski definition) is 2. The van der Waals surface area contributed by atoms with Gasteiger partial charge < -0.3 is 10.4 Å². The number of hydrogen-bond acceptors (Lipinski definition) is 4. The van der Waals surface area contributed by atoms with E-state index in [1.54, 1.807) is 6.07 Å². The predicted molar refractivity (Wildman–Crippen MR) is 77.7 cm³/mol. The van der Waals surface area contributed by atoms with Crippen LogP contribution in [-0.4, -0.2) is 16.6 Å². The molecular weight excluding hydrogens is 256 g/mol. The third kappa shape index (κ3) is 3.13. The van der Waals surface area contributed by atoms with Crippen LogP contribution >= 0.6 is 0 Å². The summed E-state index contributed by atoms with van der Waals surface area (Å²) in [6.45, 7) is 1.78. The van der Waals surface area contributed by atoms with Crippen LogP contribution < -0.4 is 5.32 Å². The summed E-state index contributed by atoms with van der Waals surface area (Å²) in [6, 6.07) is 13.8. The van der Waals surface area contributed by atoms with Gasteiger partial charge in [-0.2, -0.15) is 0 Å². The lowest BCUT2D eigenvalue weighted by molar-refractivity contribution is -0.384. The molecule has 0 aliphatic rings. The molecular formula is C15H16N2O3. The quantitative estimate of drug-likeness (QED) is 0.648. The summed E-state index contributed by atoms with van der Waals surface area (Å²) in [7, 11) is 0. The van der Waals surface area contributed by atoms with Crippen LogP contribution in [-0.2, 0) is 0 Å². The van der Waals surface area contributed by atoms with Crippen LogP contribution in [0.1, 0.15) is 17.2 Å². The summed E-state index contributed by atoms with van der Waals surface area (Å²) in [6.07, 6.45) is 0. The highest BCUT2D eigenvalue weighted by atomic mass is 16.6. The molecule has 0 aromatic heterocycles. The molecule has 2 rings (SSSR count). The molecule has 0 saturated carbocycles. The van der Waals surface area contributed by atoms with Gasteiger partial charge in [-0.1, -0.05) is 36.4 Å². The van der Waals surface area contributed by atoms with Gasteiger partial charge in [-0.25, -0.2) is 0 Å². The number of nitro groups is 1. The van der Waals surface area contributed by atoms with E-state index < -0.39 is 4.92 Å². The van der Waals surface area contributed by atoms with E-state index in [2.05, 4.69) is 5.32 Å². The molecule has 2 aromatic carbocycles. The molecule has 0 aliphatic carbocycles. The average Bonchev–Trinajstić information content (AvgIpc) is 2.47. The first-order valence-electron chi connectivity index (χ1n) is 6.29. The minimum Gasteiger partial charge on any atom is -0.394 e. The number of nitrogens with zero attached hydrogens (tertiary/aromatic N) is 1. The van der Waals surface area contributed by atoms with E-state index in [0.717, 1.165) is 11.1 Å². The predicted octanol–water partition coefficient (Wildman–Crippen LogP) is 3.05. The first-order valence-corrected chi connectivity index (χ1v) is 6.29. The van der Waals surface area contributed by atoms with Crippen molar-refractivity contribution >= 4 is 11.4 Å². The van der Waals surface area contributed by atoms with Crippen molar-refractivity contribution in [3.8, 4) is 0 Å². The van der Waals surface area contributed by atoms with Gasteiger partial charge in [0.1, 0.15) is 0 Å². The van der Waals surface area contributed by atoms with E-state index >= 15 is 0 Å².